The molecule has 0 unspecified atom stereocenters. The highest BCUT2D eigenvalue weighted by molar-refractivity contribution is 7.89. The number of para-hydroxylation sites is 2. The Hall–Kier alpha value is -2.51. The first-order valence-electron chi connectivity index (χ1n) is 6.90. The summed E-state index contributed by atoms with van der Waals surface area (Å²) in [5.74, 6) is -0.257. The molecule has 23 heavy (non-hydrogen) atoms. The van der Waals surface area contributed by atoms with Crippen LogP contribution < -0.4 is 0 Å². The van der Waals surface area contributed by atoms with Crippen LogP contribution in [0, 0.1) is 0 Å². The number of sulfonamides is 1. The van der Waals surface area contributed by atoms with E-state index in [0.717, 1.165) is 9.82 Å². The summed E-state index contributed by atoms with van der Waals surface area (Å²) in [6.45, 7) is 0. The molecule has 3 rings (SSSR count). The number of fused-ring (bicyclic) bond motifs is 1. The number of nitrogens with zero attached hydrogens (tertiary/aromatic N) is 3. The number of imidazole rings is 1. The number of hydrogen-bond acceptors (Lipinski definition) is 4. The molecule has 0 radical (unpaired) electrons. The lowest BCUT2D eigenvalue weighted by molar-refractivity contribution is 0.0964. The second-order valence-electron chi connectivity index (χ2n) is 5.22. The molecule has 0 bridgehead atoms. The van der Waals surface area contributed by atoms with E-state index in [1.54, 1.807) is 0 Å². The molecule has 0 fully saturated rings. The SMILES string of the molecule is CN(C)S(=O)(=O)c1ccc(C(=O)n2cnc3ccccc32)cc1. The van der Waals surface area contributed by atoms with E-state index in [1.807, 2.05) is 24.3 Å². The minimum absolute atomic E-state index is 0.148. The second kappa shape index (κ2) is 5.60. The highest BCUT2D eigenvalue weighted by Crippen LogP contribution is 2.17. The Balaban J connectivity index is 1.98. The maximum Gasteiger partial charge on any atom is 0.263 e. The summed E-state index contributed by atoms with van der Waals surface area (Å²) in [6.07, 6.45) is 1.47. The number of carbonyl (C=O) groups excluding carboxylic acids is 1. The lowest BCUT2D eigenvalue weighted by atomic mass is 10.2. The molecule has 0 aliphatic rings. The van der Waals surface area contributed by atoms with E-state index in [-0.39, 0.29) is 10.8 Å². The molecule has 0 spiro atoms. The van der Waals surface area contributed by atoms with Crippen LogP contribution in [0.4, 0.5) is 0 Å². The highest BCUT2D eigenvalue weighted by atomic mass is 32.2. The Bertz CT molecular complexity index is 973. The molecule has 0 atom stereocenters. The number of benzene rings is 2. The van der Waals surface area contributed by atoms with Crippen LogP contribution in [0.5, 0.6) is 0 Å². The number of rotatable bonds is 3. The Morgan fingerprint density at radius 3 is 2.35 bits per heavy atom. The molecule has 3 aromatic rings. The van der Waals surface area contributed by atoms with E-state index < -0.39 is 10.0 Å². The van der Waals surface area contributed by atoms with Gasteiger partial charge in [0.15, 0.2) is 0 Å². The molecule has 6 nitrogen and oxygen atoms in total. The van der Waals surface area contributed by atoms with Crippen LogP contribution >= 0.6 is 0 Å². The summed E-state index contributed by atoms with van der Waals surface area (Å²) >= 11 is 0. The molecule has 118 valence electrons. The van der Waals surface area contributed by atoms with Crippen molar-refractivity contribution in [2.45, 2.75) is 4.90 Å². The van der Waals surface area contributed by atoms with E-state index in [2.05, 4.69) is 4.98 Å². The predicted molar refractivity (Wildman–Crippen MR) is 86.8 cm³/mol. The summed E-state index contributed by atoms with van der Waals surface area (Å²) < 4.78 is 26.7. The summed E-state index contributed by atoms with van der Waals surface area (Å²) in [5.41, 5.74) is 1.83. The Labute approximate surface area is 134 Å². The standard InChI is InChI=1S/C16H15N3O3S/c1-18(2)23(21,22)13-9-7-12(8-10-13)16(20)19-11-17-14-5-3-4-6-15(14)19/h3-11H,1-2H3. The first-order chi connectivity index (χ1) is 10.9. The van der Waals surface area contributed by atoms with Gasteiger partial charge in [0, 0.05) is 19.7 Å². The van der Waals surface area contributed by atoms with Crippen LogP contribution in [-0.2, 0) is 10.0 Å². The fourth-order valence-electron chi connectivity index (χ4n) is 2.24. The zero-order valence-corrected chi connectivity index (χ0v) is 13.5. The van der Waals surface area contributed by atoms with Crippen molar-refractivity contribution in [3.63, 3.8) is 0 Å². The molecule has 0 aliphatic heterocycles. The second-order valence-corrected chi connectivity index (χ2v) is 7.37. The van der Waals surface area contributed by atoms with Crippen molar-refractivity contribution in [2.75, 3.05) is 14.1 Å². The fraction of sp³-hybridized carbons (Fsp3) is 0.125. The first-order valence-corrected chi connectivity index (χ1v) is 8.34. The molecule has 0 saturated carbocycles. The van der Waals surface area contributed by atoms with Gasteiger partial charge in [-0.25, -0.2) is 17.7 Å². The highest BCUT2D eigenvalue weighted by Gasteiger charge is 2.18. The smallest absolute Gasteiger partial charge is 0.263 e. The van der Waals surface area contributed by atoms with Gasteiger partial charge >= 0.3 is 0 Å². The summed E-state index contributed by atoms with van der Waals surface area (Å²) in [5, 5.41) is 0. The predicted octanol–water partition coefficient (Wildman–Crippen LogP) is 1.98. The molecule has 2 aromatic carbocycles. The summed E-state index contributed by atoms with van der Waals surface area (Å²) in [4.78, 5) is 16.9. The Morgan fingerprint density at radius 1 is 1.04 bits per heavy atom. The van der Waals surface area contributed by atoms with Crippen LogP contribution in [-0.4, -0.2) is 42.3 Å². The van der Waals surface area contributed by atoms with Crippen molar-refractivity contribution in [1.82, 2.24) is 13.9 Å². The van der Waals surface area contributed by atoms with Crippen LogP contribution in [0.15, 0.2) is 59.8 Å². The van der Waals surface area contributed by atoms with Crippen molar-refractivity contribution in [3.8, 4) is 0 Å². The van der Waals surface area contributed by atoms with E-state index in [4.69, 9.17) is 0 Å². The average molecular weight is 329 g/mol. The third-order valence-corrected chi connectivity index (χ3v) is 5.38. The normalized spacial score (nSPS) is 12.0. The average Bonchev–Trinajstić information content (AvgIpc) is 2.98. The number of hydrogen-bond donors (Lipinski definition) is 0. The Morgan fingerprint density at radius 2 is 1.70 bits per heavy atom. The monoisotopic (exact) mass is 329 g/mol. The quantitative estimate of drug-likeness (QED) is 0.736. The van der Waals surface area contributed by atoms with Gasteiger partial charge in [0.25, 0.3) is 5.91 Å². The molecular weight excluding hydrogens is 314 g/mol. The molecule has 0 aliphatic carbocycles. The van der Waals surface area contributed by atoms with Crippen molar-refractivity contribution >= 4 is 27.0 Å². The largest absolute Gasteiger partial charge is 0.268 e. The van der Waals surface area contributed by atoms with Gasteiger partial charge in [-0.2, -0.15) is 0 Å². The molecule has 1 heterocycles. The van der Waals surface area contributed by atoms with E-state index in [1.165, 1.54) is 49.3 Å². The van der Waals surface area contributed by atoms with Crippen LogP contribution in [0.3, 0.4) is 0 Å². The van der Waals surface area contributed by atoms with Crippen LogP contribution in [0.1, 0.15) is 10.4 Å². The lowest BCUT2D eigenvalue weighted by Crippen LogP contribution is -2.22. The van der Waals surface area contributed by atoms with Crippen LogP contribution in [0.25, 0.3) is 11.0 Å². The zero-order valence-electron chi connectivity index (χ0n) is 12.7. The van der Waals surface area contributed by atoms with Gasteiger partial charge in [0.2, 0.25) is 10.0 Å². The van der Waals surface area contributed by atoms with Crippen molar-refractivity contribution < 1.29 is 13.2 Å². The van der Waals surface area contributed by atoms with Gasteiger partial charge in [-0.3, -0.25) is 9.36 Å². The van der Waals surface area contributed by atoms with Crippen molar-refractivity contribution in [2.24, 2.45) is 0 Å². The topological polar surface area (TPSA) is 72.3 Å². The molecular formula is C16H15N3O3S. The van der Waals surface area contributed by atoms with Gasteiger partial charge in [-0.15, -0.1) is 0 Å². The van der Waals surface area contributed by atoms with Gasteiger partial charge in [0.1, 0.15) is 6.33 Å². The van der Waals surface area contributed by atoms with Crippen LogP contribution in [0.2, 0.25) is 0 Å². The number of aromatic nitrogens is 2. The van der Waals surface area contributed by atoms with Gasteiger partial charge < -0.3 is 0 Å². The first kappa shape index (κ1) is 15.4. The minimum atomic E-state index is -3.50. The van der Waals surface area contributed by atoms with Crippen molar-refractivity contribution in [3.05, 3.63) is 60.4 Å². The zero-order chi connectivity index (χ0) is 16.6. The Kier molecular flexibility index (Phi) is 3.75. The van der Waals surface area contributed by atoms with E-state index in [0.29, 0.717) is 11.1 Å². The number of carbonyl (C=O) groups is 1. The van der Waals surface area contributed by atoms with Gasteiger partial charge in [0.05, 0.1) is 15.9 Å². The van der Waals surface area contributed by atoms with Gasteiger partial charge in [-0.1, -0.05) is 12.1 Å². The van der Waals surface area contributed by atoms with Gasteiger partial charge in [-0.05, 0) is 36.4 Å². The summed E-state index contributed by atoms with van der Waals surface area (Å²) in [6, 6.07) is 13.2. The molecule has 0 N–H and O–H groups in total. The summed E-state index contributed by atoms with van der Waals surface area (Å²) in [7, 11) is -0.576. The molecule has 0 amide bonds. The third-order valence-electron chi connectivity index (χ3n) is 3.55. The van der Waals surface area contributed by atoms with E-state index >= 15 is 0 Å². The van der Waals surface area contributed by atoms with Crippen molar-refractivity contribution in [1.29, 1.82) is 0 Å². The lowest BCUT2D eigenvalue weighted by Gasteiger charge is -2.11. The molecule has 0 saturated heterocycles. The third kappa shape index (κ3) is 2.64. The molecule has 7 heteroatoms. The van der Waals surface area contributed by atoms with E-state index in [9.17, 15) is 13.2 Å². The fourth-order valence-corrected chi connectivity index (χ4v) is 3.14. The maximum absolute atomic E-state index is 12.6. The molecule has 1 aromatic heterocycles. The maximum atomic E-state index is 12.6. The minimum Gasteiger partial charge on any atom is -0.268 e.